The average Bonchev–Trinajstić information content (AvgIpc) is 2.54. The molecule has 2 nitrogen and oxygen atoms in total. The number of aromatic nitrogens is 1. The van der Waals surface area contributed by atoms with E-state index in [1.54, 1.807) is 0 Å². The molecule has 0 fully saturated rings. The van der Waals surface area contributed by atoms with Gasteiger partial charge in [0.1, 0.15) is 0 Å². The highest BCUT2D eigenvalue weighted by Gasteiger charge is 2.13. The molecule has 0 amide bonds. The first kappa shape index (κ1) is 13.3. The van der Waals surface area contributed by atoms with E-state index in [1.807, 2.05) is 60.7 Å². The fourth-order valence-electron chi connectivity index (χ4n) is 2.32. The summed E-state index contributed by atoms with van der Waals surface area (Å²) in [7, 11) is 0. The fraction of sp³-hybridized carbons (Fsp3) is 0.118. The van der Waals surface area contributed by atoms with Crippen molar-refractivity contribution in [1.29, 1.82) is 0 Å². The molecule has 1 N–H and O–H groups in total. The molecule has 0 bridgehead atoms. The van der Waals surface area contributed by atoms with Crippen molar-refractivity contribution in [3.63, 3.8) is 0 Å². The molecule has 3 heteroatoms. The van der Waals surface area contributed by atoms with Crippen molar-refractivity contribution in [2.24, 2.45) is 0 Å². The third kappa shape index (κ3) is 2.47. The number of hydrogen-bond donors (Lipinski definition) is 1. The van der Waals surface area contributed by atoms with Crippen molar-refractivity contribution in [3.8, 4) is 11.3 Å². The van der Waals surface area contributed by atoms with Gasteiger partial charge in [-0.2, -0.15) is 0 Å². The molecule has 0 radical (unpaired) electrons. The van der Waals surface area contributed by atoms with Gasteiger partial charge in [0.2, 0.25) is 0 Å². The Bertz CT molecular complexity index is 727. The van der Waals surface area contributed by atoms with Gasteiger partial charge in [-0.25, -0.2) is 4.98 Å². The zero-order chi connectivity index (χ0) is 13.9. The number of fused-ring (bicyclic) bond motifs is 1. The van der Waals surface area contributed by atoms with Gasteiger partial charge < -0.3 is 5.11 Å². The van der Waals surface area contributed by atoms with E-state index in [4.69, 9.17) is 4.98 Å². The maximum atomic E-state index is 10.2. The van der Waals surface area contributed by atoms with Crippen molar-refractivity contribution in [2.45, 2.75) is 6.10 Å². The van der Waals surface area contributed by atoms with Gasteiger partial charge in [-0.1, -0.05) is 64.5 Å². The van der Waals surface area contributed by atoms with Crippen LogP contribution in [0.25, 0.3) is 22.2 Å². The number of pyridine rings is 1. The minimum atomic E-state index is -0.537. The molecule has 20 heavy (non-hydrogen) atoms. The minimum Gasteiger partial charge on any atom is -0.388 e. The standard InChI is InChI=1S/C17H14BrNO/c18-11-17(20)14-10-16(12-6-2-1-3-7-12)19-15-9-5-4-8-13(14)15/h1-10,17,20H,11H2. The molecule has 1 heterocycles. The van der Waals surface area contributed by atoms with Crippen LogP contribution in [0.15, 0.2) is 60.7 Å². The maximum Gasteiger partial charge on any atom is 0.0894 e. The van der Waals surface area contributed by atoms with Crippen LogP contribution in [-0.4, -0.2) is 15.4 Å². The van der Waals surface area contributed by atoms with Gasteiger partial charge in [-0.3, -0.25) is 0 Å². The Balaban J connectivity index is 2.25. The summed E-state index contributed by atoms with van der Waals surface area (Å²) in [4.78, 5) is 4.70. The van der Waals surface area contributed by atoms with Crippen molar-refractivity contribution in [3.05, 3.63) is 66.2 Å². The molecule has 2 aromatic carbocycles. The van der Waals surface area contributed by atoms with E-state index in [2.05, 4.69) is 15.9 Å². The van der Waals surface area contributed by atoms with Crippen molar-refractivity contribution in [2.75, 3.05) is 5.33 Å². The summed E-state index contributed by atoms with van der Waals surface area (Å²) in [5.41, 5.74) is 3.76. The first-order valence-electron chi connectivity index (χ1n) is 6.48. The zero-order valence-electron chi connectivity index (χ0n) is 10.8. The number of benzene rings is 2. The van der Waals surface area contributed by atoms with Crippen LogP contribution in [0, 0.1) is 0 Å². The molecule has 0 spiro atoms. The number of halogens is 1. The Hall–Kier alpha value is -1.71. The first-order valence-corrected chi connectivity index (χ1v) is 7.61. The highest BCUT2D eigenvalue weighted by atomic mass is 79.9. The molecular formula is C17H14BrNO. The van der Waals surface area contributed by atoms with Gasteiger partial charge in [-0.05, 0) is 17.7 Å². The molecule has 0 aliphatic heterocycles. The van der Waals surface area contributed by atoms with Gasteiger partial charge in [0.05, 0.1) is 17.3 Å². The number of hydrogen-bond acceptors (Lipinski definition) is 2. The third-order valence-electron chi connectivity index (χ3n) is 3.32. The summed E-state index contributed by atoms with van der Waals surface area (Å²) in [6, 6.07) is 19.9. The van der Waals surface area contributed by atoms with Crippen LogP contribution in [0.4, 0.5) is 0 Å². The summed E-state index contributed by atoms with van der Waals surface area (Å²) < 4.78 is 0. The Morgan fingerprint density at radius 2 is 1.70 bits per heavy atom. The van der Waals surface area contributed by atoms with Crippen LogP contribution < -0.4 is 0 Å². The Labute approximate surface area is 126 Å². The minimum absolute atomic E-state index is 0.509. The van der Waals surface area contributed by atoms with E-state index in [1.165, 1.54) is 0 Å². The normalized spacial score (nSPS) is 12.5. The van der Waals surface area contributed by atoms with Crippen LogP contribution in [-0.2, 0) is 0 Å². The molecule has 3 aromatic rings. The third-order valence-corrected chi connectivity index (χ3v) is 3.94. The highest BCUT2D eigenvalue weighted by Crippen LogP contribution is 2.29. The van der Waals surface area contributed by atoms with E-state index in [9.17, 15) is 5.11 Å². The SMILES string of the molecule is OC(CBr)c1cc(-c2ccccc2)nc2ccccc12. The van der Waals surface area contributed by atoms with Gasteiger partial charge in [-0.15, -0.1) is 0 Å². The number of aliphatic hydroxyl groups is 1. The summed E-state index contributed by atoms with van der Waals surface area (Å²) in [5, 5.41) is 11.7. The summed E-state index contributed by atoms with van der Waals surface area (Å²) in [6.45, 7) is 0. The first-order chi connectivity index (χ1) is 9.79. The Kier molecular flexibility index (Phi) is 3.81. The van der Waals surface area contributed by atoms with Crippen LogP contribution in [0.2, 0.25) is 0 Å². The summed E-state index contributed by atoms with van der Waals surface area (Å²) >= 11 is 3.35. The van der Waals surface area contributed by atoms with E-state index in [0.29, 0.717) is 5.33 Å². The lowest BCUT2D eigenvalue weighted by molar-refractivity contribution is 0.207. The second-order valence-corrected chi connectivity index (χ2v) is 5.30. The molecule has 1 unspecified atom stereocenters. The second-order valence-electron chi connectivity index (χ2n) is 4.65. The zero-order valence-corrected chi connectivity index (χ0v) is 12.4. The molecule has 0 aliphatic carbocycles. The van der Waals surface area contributed by atoms with Gasteiger partial charge in [0, 0.05) is 16.3 Å². The maximum absolute atomic E-state index is 10.2. The molecule has 0 aliphatic rings. The lowest BCUT2D eigenvalue weighted by Crippen LogP contribution is -2.01. The molecule has 100 valence electrons. The van der Waals surface area contributed by atoms with Crippen LogP contribution >= 0.6 is 15.9 Å². The fourth-order valence-corrected chi connectivity index (χ4v) is 2.67. The van der Waals surface area contributed by atoms with E-state index in [-0.39, 0.29) is 0 Å². The molecular weight excluding hydrogens is 314 g/mol. The molecule has 3 rings (SSSR count). The predicted octanol–water partition coefficient (Wildman–Crippen LogP) is 4.33. The second kappa shape index (κ2) is 5.73. The van der Waals surface area contributed by atoms with E-state index < -0.39 is 6.10 Å². The predicted molar refractivity (Wildman–Crippen MR) is 85.9 cm³/mol. The molecule has 0 saturated heterocycles. The largest absolute Gasteiger partial charge is 0.388 e. The van der Waals surface area contributed by atoms with Crippen molar-refractivity contribution >= 4 is 26.8 Å². The molecule has 1 aromatic heterocycles. The lowest BCUT2D eigenvalue weighted by atomic mass is 10.0. The number of alkyl halides is 1. The monoisotopic (exact) mass is 327 g/mol. The van der Waals surface area contributed by atoms with E-state index in [0.717, 1.165) is 27.7 Å². The van der Waals surface area contributed by atoms with Gasteiger partial charge >= 0.3 is 0 Å². The number of aliphatic hydroxyl groups excluding tert-OH is 1. The van der Waals surface area contributed by atoms with Crippen LogP contribution in [0.1, 0.15) is 11.7 Å². The topological polar surface area (TPSA) is 33.1 Å². The number of rotatable bonds is 3. The van der Waals surface area contributed by atoms with Crippen molar-refractivity contribution in [1.82, 2.24) is 4.98 Å². The Morgan fingerprint density at radius 1 is 1.00 bits per heavy atom. The van der Waals surface area contributed by atoms with Crippen LogP contribution in [0.5, 0.6) is 0 Å². The highest BCUT2D eigenvalue weighted by molar-refractivity contribution is 9.09. The summed E-state index contributed by atoms with van der Waals surface area (Å²) in [6.07, 6.45) is -0.537. The Morgan fingerprint density at radius 3 is 2.45 bits per heavy atom. The van der Waals surface area contributed by atoms with Gasteiger partial charge in [0.15, 0.2) is 0 Å². The molecule has 1 atom stereocenters. The number of para-hydroxylation sites is 1. The van der Waals surface area contributed by atoms with Gasteiger partial charge in [0.25, 0.3) is 0 Å². The van der Waals surface area contributed by atoms with Crippen molar-refractivity contribution < 1.29 is 5.11 Å². The number of nitrogens with zero attached hydrogens (tertiary/aromatic N) is 1. The van der Waals surface area contributed by atoms with E-state index >= 15 is 0 Å². The van der Waals surface area contributed by atoms with Crippen LogP contribution in [0.3, 0.4) is 0 Å². The quantitative estimate of drug-likeness (QED) is 0.726. The molecule has 0 saturated carbocycles. The average molecular weight is 328 g/mol. The smallest absolute Gasteiger partial charge is 0.0894 e. The summed E-state index contributed by atoms with van der Waals surface area (Å²) in [5.74, 6) is 0. The lowest BCUT2D eigenvalue weighted by Gasteiger charge is -2.13.